The molecule has 0 spiro atoms. The monoisotopic (exact) mass is 342 g/mol. The molecule has 3 heterocycles. The number of benzene rings is 1. The lowest BCUT2D eigenvalue weighted by atomic mass is 9.96. The third-order valence-electron chi connectivity index (χ3n) is 4.92. The molecule has 0 radical (unpaired) electrons. The molecule has 4 rings (SSSR count). The van der Waals surface area contributed by atoms with Gasteiger partial charge in [-0.25, -0.2) is 0 Å². The molecule has 126 valence electrons. The first-order valence-corrected chi connectivity index (χ1v) is 9.44. The van der Waals surface area contributed by atoms with Crippen LogP contribution in [0.1, 0.15) is 28.3 Å². The summed E-state index contributed by atoms with van der Waals surface area (Å²) in [5.41, 5.74) is 2.04. The van der Waals surface area contributed by atoms with E-state index in [9.17, 15) is 4.79 Å². The molecule has 2 saturated heterocycles. The second kappa shape index (κ2) is 6.95. The molecular weight excluding hydrogens is 320 g/mol. The minimum absolute atomic E-state index is 0.154. The number of hydrogen-bond acceptors (Lipinski definition) is 4. The van der Waals surface area contributed by atoms with Crippen LogP contribution >= 0.6 is 11.3 Å². The van der Waals surface area contributed by atoms with Gasteiger partial charge in [-0.1, -0.05) is 12.1 Å². The molecule has 0 unspecified atom stereocenters. The lowest BCUT2D eigenvalue weighted by molar-refractivity contribution is 0.0747. The van der Waals surface area contributed by atoms with E-state index in [1.807, 2.05) is 17.0 Å². The number of rotatable bonds is 3. The van der Waals surface area contributed by atoms with Crippen LogP contribution in [-0.2, 0) is 4.74 Å². The standard InChI is InChI=1S/C19H22N2O2S/c22-19(16-4-1-3-15(13-16)17-6-11-23-14-17)21-9-7-20(8-10-21)18-5-2-12-24-18/h1-5,12-13,17H,6-11,14H2/t17-/m0/s1. The van der Waals surface area contributed by atoms with Crippen molar-refractivity contribution in [1.29, 1.82) is 0 Å². The van der Waals surface area contributed by atoms with Crippen LogP contribution < -0.4 is 4.90 Å². The first-order valence-electron chi connectivity index (χ1n) is 8.57. The molecular formula is C19H22N2O2S. The highest BCUT2D eigenvalue weighted by Gasteiger charge is 2.24. The Kier molecular flexibility index (Phi) is 4.54. The number of carbonyl (C=O) groups excluding carboxylic acids is 1. The molecule has 2 aromatic rings. The molecule has 1 atom stereocenters. The molecule has 24 heavy (non-hydrogen) atoms. The largest absolute Gasteiger partial charge is 0.381 e. The number of hydrogen-bond donors (Lipinski definition) is 0. The number of piperazine rings is 1. The van der Waals surface area contributed by atoms with Crippen molar-refractivity contribution in [2.24, 2.45) is 0 Å². The molecule has 4 nitrogen and oxygen atoms in total. The number of anilines is 1. The van der Waals surface area contributed by atoms with Gasteiger partial charge >= 0.3 is 0 Å². The van der Waals surface area contributed by atoms with E-state index in [0.717, 1.165) is 51.4 Å². The number of thiophene rings is 1. The zero-order valence-corrected chi connectivity index (χ0v) is 14.5. The molecule has 1 amide bonds. The normalized spacial score (nSPS) is 21.2. The summed E-state index contributed by atoms with van der Waals surface area (Å²) >= 11 is 1.76. The first-order chi connectivity index (χ1) is 11.8. The van der Waals surface area contributed by atoms with Gasteiger partial charge in [0.15, 0.2) is 0 Å². The predicted octanol–water partition coefficient (Wildman–Crippen LogP) is 3.21. The van der Waals surface area contributed by atoms with Crippen LogP contribution in [0.5, 0.6) is 0 Å². The van der Waals surface area contributed by atoms with E-state index < -0.39 is 0 Å². The van der Waals surface area contributed by atoms with Gasteiger partial charge in [-0.2, -0.15) is 0 Å². The molecule has 2 aliphatic rings. The second-order valence-electron chi connectivity index (χ2n) is 6.42. The van der Waals surface area contributed by atoms with Crippen LogP contribution in [0.4, 0.5) is 5.00 Å². The highest BCUT2D eigenvalue weighted by atomic mass is 32.1. The minimum atomic E-state index is 0.154. The van der Waals surface area contributed by atoms with Crippen molar-refractivity contribution in [2.45, 2.75) is 12.3 Å². The fraction of sp³-hybridized carbons (Fsp3) is 0.421. The third kappa shape index (κ3) is 3.19. The Morgan fingerprint density at radius 3 is 2.71 bits per heavy atom. The average Bonchev–Trinajstić information content (AvgIpc) is 3.35. The summed E-state index contributed by atoms with van der Waals surface area (Å²) < 4.78 is 5.48. The molecule has 2 fully saturated rings. The van der Waals surface area contributed by atoms with Gasteiger partial charge in [0.2, 0.25) is 0 Å². The van der Waals surface area contributed by atoms with Crippen LogP contribution in [0.25, 0.3) is 0 Å². The fourth-order valence-electron chi connectivity index (χ4n) is 3.49. The lowest BCUT2D eigenvalue weighted by Gasteiger charge is -2.35. The summed E-state index contributed by atoms with van der Waals surface area (Å²) in [4.78, 5) is 17.2. The average molecular weight is 342 g/mol. The Morgan fingerprint density at radius 2 is 2.00 bits per heavy atom. The van der Waals surface area contributed by atoms with E-state index in [4.69, 9.17) is 4.74 Å². The number of amides is 1. The Balaban J connectivity index is 1.42. The zero-order valence-electron chi connectivity index (χ0n) is 13.7. The summed E-state index contributed by atoms with van der Waals surface area (Å²) in [5.74, 6) is 0.593. The lowest BCUT2D eigenvalue weighted by Crippen LogP contribution is -2.48. The van der Waals surface area contributed by atoms with E-state index in [2.05, 4.69) is 34.5 Å². The molecule has 5 heteroatoms. The van der Waals surface area contributed by atoms with E-state index in [1.165, 1.54) is 10.6 Å². The molecule has 1 aromatic heterocycles. The van der Waals surface area contributed by atoms with Crippen LogP contribution in [0.3, 0.4) is 0 Å². The summed E-state index contributed by atoms with van der Waals surface area (Å²) in [6, 6.07) is 12.3. The smallest absolute Gasteiger partial charge is 0.253 e. The van der Waals surface area contributed by atoms with Crippen LogP contribution in [-0.4, -0.2) is 50.2 Å². The molecule has 2 aliphatic heterocycles. The molecule has 0 saturated carbocycles. The summed E-state index contributed by atoms with van der Waals surface area (Å²) in [5, 5.41) is 3.40. The molecule has 0 N–H and O–H groups in total. The van der Waals surface area contributed by atoms with Gasteiger partial charge in [-0.05, 0) is 41.6 Å². The molecule has 0 bridgehead atoms. The number of nitrogens with zero attached hydrogens (tertiary/aromatic N) is 2. The van der Waals surface area contributed by atoms with Gasteiger partial charge in [-0.15, -0.1) is 11.3 Å². The number of ether oxygens (including phenoxy) is 1. The van der Waals surface area contributed by atoms with Crippen molar-refractivity contribution in [1.82, 2.24) is 4.90 Å². The number of carbonyl (C=O) groups is 1. The SMILES string of the molecule is O=C(c1cccc([C@H]2CCOC2)c1)N1CCN(c2cccs2)CC1. The predicted molar refractivity (Wildman–Crippen MR) is 97.1 cm³/mol. The van der Waals surface area contributed by atoms with Crippen molar-refractivity contribution in [3.63, 3.8) is 0 Å². The summed E-state index contributed by atoms with van der Waals surface area (Å²) in [6.07, 6.45) is 1.05. The maximum Gasteiger partial charge on any atom is 0.253 e. The van der Waals surface area contributed by atoms with Gasteiger partial charge in [0.1, 0.15) is 0 Å². The first kappa shape index (κ1) is 15.7. The Labute approximate surface area is 146 Å². The van der Waals surface area contributed by atoms with Crippen LogP contribution in [0, 0.1) is 0 Å². The van der Waals surface area contributed by atoms with Gasteiger partial charge in [0, 0.05) is 44.3 Å². The van der Waals surface area contributed by atoms with Crippen molar-refractivity contribution in [3.05, 3.63) is 52.9 Å². The minimum Gasteiger partial charge on any atom is -0.381 e. The van der Waals surface area contributed by atoms with Crippen molar-refractivity contribution in [2.75, 3.05) is 44.3 Å². The van der Waals surface area contributed by atoms with E-state index in [0.29, 0.717) is 5.92 Å². The summed E-state index contributed by atoms with van der Waals surface area (Å²) in [7, 11) is 0. The molecule has 0 aliphatic carbocycles. The van der Waals surface area contributed by atoms with E-state index >= 15 is 0 Å². The van der Waals surface area contributed by atoms with Crippen LogP contribution in [0.2, 0.25) is 0 Å². The van der Waals surface area contributed by atoms with Crippen molar-refractivity contribution >= 4 is 22.2 Å². The van der Waals surface area contributed by atoms with Crippen molar-refractivity contribution < 1.29 is 9.53 Å². The Hall–Kier alpha value is -1.85. The highest BCUT2D eigenvalue weighted by molar-refractivity contribution is 7.14. The van der Waals surface area contributed by atoms with E-state index in [1.54, 1.807) is 11.3 Å². The van der Waals surface area contributed by atoms with Crippen molar-refractivity contribution in [3.8, 4) is 0 Å². The van der Waals surface area contributed by atoms with Gasteiger partial charge in [0.25, 0.3) is 5.91 Å². The van der Waals surface area contributed by atoms with Gasteiger partial charge in [0.05, 0.1) is 11.6 Å². The third-order valence-corrected chi connectivity index (χ3v) is 5.85. The maximum atomic E-state index is 12.8. The van der Waals surface area contributed by atoms with Gasteiger partial charge < -0.3 is 14.5 Å². The fourth-order valence-corrected chi connectivity index (χ4v) is 4.27. The Bertz CT molecular complexity index is 687. The Morgan fingerprint density at radius 1 is 1.12 bits per heavy atom. The summed E-state index contributed by atoms with van der Waals surface area (Å²) in [6.45, 7) is 4.98. The quantitative estimate of drug-likeness (QED) is 0.859. The topological polar surface area (TPSA) is 32.8 Å². The van der Waals surface area contributed by atoms with Crippen LogP contribution in [0.15, 0.2) is 41.8 Å². The van der Waals surface area contributed by atoms with Gasteiger partial charge in [-0.3, -0.25) is 4.79 Å². The zero-order chi connectivity index (χ0) is 16.4. The van der Waals surface area contributed by atoms with E-state index in [-0.39, 0.29) is 5.91 Å². The highest BCUT2D eigenvalue weighted by Crippen LogP contribution is 2.26. The second-order valence-corrected chi connectivity index (χ2v) is 7.34. The molecule has 1 aromatic carbocycles. The maximum absolute atomic E-state index is 12.8.